The van der Waals surface area contributed by atoms with E-state index in [9.17, 15) is 0 Å². The van der Waals surface area contributed by atoms with Crippen LogP contribution in [-0.2, 0) is 0 Å². The number of nitrogens with zero attached hydrogens (tertiary/aromatic N) is 6. The van der Waals surface area contributed by atoms with E-state index >= 15 is 0 Å². The Bertz CT molecular complexity index is 3780. The number of H-pyrrole nitrogens is 2. The number of ether oxygens (including phenoxy) is 8. The summed E-state index contributed by atoms with van der Waals surface area (Å²) in [6.45, 7) is 22.5. The Balaban J connectivity index is 1.35. The molecule has 16 heteroatoms. The lowest BCUT2D eigenvalue weighted by atomic mass is 10.1. The van der Waals surface area contributed by atoms with Crippen LogP contribution < -0.4 is 37.9 Å². The fourth-order valence-electron chi connectivity index (χ4n) is 18.4. The number of benzene rings is 4. The molecule has 8 bridgehead atoms. The van der Waals surface area contributed by atoms with Crippen LogP contribution >= 0.6 is 0 Å². The lowest BCUT2D eigenvalue weighted by Crippen LogP contribution is -2.03. The fourth-order valence-corrected chi connectivity index (χ4v) is 18.4. The normalized spacial score (nSPS) is 11.8. The summed E-state index contributed by atoms with van der Waals surface area (Å²) < 4.78 is 57.6. The monoisotopic (exact) mass is 1760 g/mol. The van der Waals surface area contributed by atoms with Gasteiger partial charge in [0.1, 0.15) is 68.6 Å². The molecule has 2 N–H and O–H groups in total. The Morgan fingerprint density at radius 2 is 0.281 bits per heavy atom. The first-order valence-corrected chi connectivity index (χ1v) is 53.9. The Kier molecular flexibility index (Phi) is 53.2. The Morgan fingerprint density at radius 3 is 0.430 bits per heavy atom. The van der Waals surface area contributed by atoms with Crippen molar-refractivity contribution in [3.63, 3.8) is 0 Å². The zero-order valence-electron chi connectivity index (χ0n) is 82.5. The summed E-state index contributed by atoms with van der Waals surface area (Å²) in [6.07, 6.45) is 75.9. The molecule has 0 fully saturated rings. The van der Waals surface area contributed by atoms with Crippen molar-refractivity contribution in [2.24, 2.45) is 0 Å². The molecule has 16 nitrogen and oxygen atoms in total. The van der Waals surface area contributed by atoms with Crippen molar-refractivity contribution in [3.05, 3.63) is 48.5 Å². The van der Waals surface area contributed by atoms with Crippen LogP contribution in [0.4, 0.5) is 0 Å². The van der Waals surface area contributed by atoms with Crippen LogP contribution in [0.15, 0.2) is 48.5 Å². The maximum absolute atomic E-state index is 7.20. The average molecular weight is 1760 g/mol. The van der Waals surface area contributed by atoms with Gasteiger partial charge in [-0.2, -0.15) is 0 Å². The van der Waals surface area contributed by atoms with Gasteiger partial charge in [0.2, 0.25) is 0 Å². The van der Waals surface area contributed by atoms with Gasteiger partial charge in [-0.25, -0.2) is 29.9 Å². The van der Waals surface area contributed by atoms with Crippen molar-refractivity contribution in [2.75, 3.05) is 52.9 Å². The minimum Gasteiger partial charge on any atom is -0.493 e. The van der Waals surface area contributed by atoms with E-state index in [2.05, 4.69) is 114 Å². The molecule has 0 radical (unpaired) electrons. The quantitative estimate of drug-likeness (QED) is 0.0343. The average Bonchev–Trinajstić information content (AvgIpc) is 1.57. The van der Waals surface area contributed by atoms with Gasteiger partial charge in [0.25, 0.3) is 0 Å². The zero-order chi connectivity index (χ0) is 89.7. The number of nitrogens with one attached hydrogen (secondary N) is 2. The van der Waals surface area contributed by atoms with Crippen molar-refractivity contribution in [1.82, 2.24) is 39.9 Å². The number of aromatic amines is 2. The molecule has 2 aliphatic heterocycles. The molecule has 128 heavy (non-hydrogen) atoms. The molecule has 0 atom stereocenters. The number of hydrogen-bond acceptors (Lipinski definition) is 14. The van der Waals surface area contributed by atoms with Crippen molar-refractivity contribution < 1.29 is 37.9 Å². The molecule has 0 aliphatic carbocycles. The number of aromatic nitrogens is 8. The third kappa shape index (κ3) is 36.3. The SMILES string of the molecule is CCCCCCCCCCOc1ccc(OCCCCCCCCCC)c2c1-c1nc-2nc2[nH]c(nc3nc(nc4[nH]c(n1)c1c(OCCCCCCCCCC)ccc(OCCCCCCCCCC)c41)-c1c(OCCCCCCCCCC)ccc(OCCCCCCCCCC)c1-3)c1c(OCCCCCCCCCC)ccc(OCCCCCCCCCC)c21. The van der Waals surface area contributed by atoms with Crippen LogP contribution in [0.3, 0.4) is 0 Å². The van der Waals surface area contributed by atoms with E-state index in [-0.39, 0.29) is 0 Å². The Labute approximate surface area is 776 Å². The first-order chi connectivity index (χ1) is 63.4. The summed E-state index contributed by atoms with van der Waals surface area (Å²) in [5.41, 5.74) is 4.95. The molecule has 9 rings (SSSR count). The van der Waals surface area contributed by atoms with Gasteiger partial charge < -0.3 is 47.9 Å². The van der Waals surface area contributed by atoms with E-state index in [4.69, 9.17) is 67.8 Å². The van der Waals surface area contributed by atoms with Gasteiger partial charge in [0, 0.05) is 0 Å². The maximum Gasteiger partial charge on any atom is 0.168 e. The standard InChI is InChI=1S/C112H178N8O8/c1-9-17-25-33-41-49-57-65-81-121-89-73-74-90(122-82-66-58-50-42-34-26-18-10-2)98-97(89)105-113-106(98)118-108-101-93(125-85-69-61-53-45-37-29-21-13-5)77-78-94(126-86-70-62-54-46-38-30-22-14-6)102(101)110(115-108)120-112-104-96(128-88-72-64-56-48-40-32-24-16-8)80-79-95(127-87-71-63-55-47-39-31-23-15-7)103(104)111(116-112)119-109-100-92(124-84-68-60-52-44-36-28-20-12-4)76-75-91(99(100)107(114-109)117-105)123-83-67-59-51-43-35-27-19-11-3/h73-80H,9-72,81-88H2,1-8H3,(H2,113,114,115,116,117,118,119,120). The Morgan fingerprint density at radius 1 is 0.156 bits per heavy atom. The van der Waals surface area contributed by atoms with E-state index < -0.39 is 0 Å². The van der Waals surface area contributed by atoms with Crippen molar-refractivity contribution in [1.29, 1.82) is 0 Å². The summed E-state index contributed by atoms with van der Waals surface area (Å²) in [6, 6.07) is 16.7. The molecule has 4 aromatic carbocycles. The van der Waals surface area contributed by atoms with Crippen LogP contribution in [0.2, 0.25) is 0 Å². The van der Waals surface area contributed by atoms with Crippen molar-refractivity contribution in [3.8, 4) is 91.5 Å². The molecule has 5 heterocycles. The first kappa shape index (κ1) is 104. The highest BCUT2D eigenvalue weighted by Gasteiger charge is 2.33. The van der Waals surface area contributed by atoms with Crippen LogP contribution in [0.25, 0.3) is 89.7 Å². The first-order valence-electron chi connectivity index (χ1n) is 53.9. The van der Waals surface area contributed by atoms with Gasteiger partial charge in [0.05, 0.1) is 96.7 Å². The topological polar surface area (TPSA) is 183 Å². The molecule has 2 aliphatic rings. The van der Waals surface area contributed by atoms with Gasteiger partial charge in [-0.15, -0.1) is 0 Å². The molecule has 714 valence electrons. The molecule has 0 unspecified atom stereocenters. The maximum atomic E-state index is 7.20. The Hall–Kier alpha value is -7.36. The molecule has 0 saturated carbocycles. The van der Waals surface area contributed by atoms with Gasteiger partial charge in [-0.3, -0.25) is 0 Å². The summed E-state index contributed by atoms with van der Waals surface area (Å²) in [7, 11) is 0. The van der Waals surface area contributed by atoms with Gasteiger partial charge in [-0.05, 0) is 99.9 Å². The highest BCUT2D eigenvalue weighted by molar-refractivity contribution is 6.13. The second-order valence-electron chi connectivity index (χ2n) is 37.4. The molecule has 0 saturated heterocycles. The highest BCUT2D eigenvalue weighted by Crippen LogP contribution is 2.51. The van der Waals surface area contributed by atoms with Crippen molar-refractivity contribution >= 4 is 44.1 Å². The van der Waals surface area contributed by atoms with Gasteiger partial charge >= 0.3 is 0 Å². The van der Waals surface area contributed by atoms with Gasteiger partial charge in [0.15, 0.2) is 23.3 Å². The third-order valence-corrected chi connectivity index (χ3v) is 26.2. The third-order valence-electron chi connectivity index (χ3n) is 26.2. The summed E-state index contributed by atoms with van der Waals surface area (Å²) in [4.78, 5) is 43.2. The van der Waals surface area contributed by atoms with Crippen LogP contribution in [0.1, 0.15) is 466 Å². The molecule has 3 aromatic heterocycles. The van der Waals surface area contributed by atoms with E-state index in [0.29, 0.717) is 145 Å². The van der Waals surface area contributed by atoms with Crippen molar-refractivity contribution in [2.45, 2.75) is 466 Å². The van der Waals surface area contributed by atoms with Crippen LogP contribution in [-0.4, -0.2) is 92.7 Å². The minimum absolute atomic E-state index is 0.429. The lowest BCUT2D eigenvalue weighted by molar-refractivity contribution is 0.298. The van der Waals surface area contributed by atoms with E-state index in [0.717, 1.165) is 147 Å². The van der Waals surface area contributed by atoms with Crippen LogP contribution in [0, 0.1) is 0 Å². The number of rotatable bonds is 80. The largest absolute Gasteiger partial charge is 0.493 e. The summed E-state index contributed by atoms with van der Waals surface area (Å²) in [5, 5.41) is 2.99. The zero-order valence-corrected chi connectivity index (χ0v) is 82.5. The summed E-state index contributed by atoms with van der Waals surface area (Å²) >= 11 is 0. The lowest BCUT2D eigenvalue weighted by Gasteiger charge is -2.15. The molecular formula is C112H178N8O8. The number of fused-ring (bicyclic) bond motifs is 20. The molecular weight excluding hydrogens is 1590 g/mol. The van der Waals surface area contributed by atoms with E-state index in [1.807, 2.05) is 0 Å². The second kappa shape index (κ2) is 65.3. The van der Waals surface area contributed by atoms with Crippen LogP contribution in [0.5, 0.6) is 46.0 Å². The predicted molar refractivity (Wildman–Crippen MR) is 541 cm³/mol. The number of unbranched alkanes of at least 4 members (excludes halogenated alkanes) is 56. The highest BCUT2D eigenvalue weighted by atomic mass is 16.5. The molecule has 0 spiro atoms. The molecule has 7 aromatic rings. The van der Waals surface area contributed by atoms with Gasteiger partial charge in [-0.1, -0.05) is 415 Å². The second-order valence-corrected chi connectivity index (χ2v) is 37.4. The fraction of sp³-hybridized carbons (Fsp3) is 0.714. The van der Waals surface area contributed by atoms with E-state index in [1.54, 1.807) is 0 Å². The minimum atomic E-state index is 0.429. The van der Waals surface area contributed by atoms with E-state index in [1.165, 1.54) is 308 Å². The molecule has 0 amide bonds. The predicted octanol–water partition coefficient (Wildman–Crippen LogP) is 35.0. The smallest absolute Gasteiger partial charge is 0.168 e. The summed E-state index contributed by atoms with van der Waals surface area (Å²) in [5.74, 6) is 7.15. The number of hydrogen-bond donors (Lipinski definition) is 2.